The van der Waals surface area contributed by atoms with Crippen molar-refractivity contribution in [3.63, 3.8) is 0 Å². The molecule has 1 aromatic rings. The molecule has 0 aliphatic heterocycles. The largest absolute Gasteiger partial charge is 0.314 e. The van der Waals surface area contributed by atoms with Gasteiger partial charge in [-0.3, -0.25) is 0 Å². The Labute approximate surface area is 117 Å². The van der Waals surface area contributed by atoms with Crippen LogP contribution in [0.25, 0.3) is 0 Å². The Morgan fingerprint density at radius 1 is 1.17 bits per heavy atom. The molecule has 0 bridgehead atoms. The van der Waals surface area contributed by atoms with E-state index < -0.39 is 0 Å². The average molecular weight is 265 g/mol. The third-order valence-electron chi connectivity index (χ3n) is 3.14. The monoisotopic (exact) mass is 265 g/mol. The molecule has 0 amide bonds. The molecule has 1 nitrogen and oxygen atoms in total. The number of benzene rings is 1. The van der Waals surface area contributed by atoms with Crippen LogP contribution in [0.1, 0.15) is 40.5 Å². The van der Waals surface area contributed by atoms with Gasteiger partial charge in [-0.1, -0.05) is 45.9 Å². The molecule has 0 aromatic heterocycles. The quantitative estimate of drug-likeness (QED) is 0.572. The van der Waals surface area contributed by atoms with E-state index in [2.05, 4.69) is 63.3 Å². The summed E-state index contributed by atoms with van der Waals surface area (Å²) in [5.41, 5.74) is 0.355. The first-order valence-corrected chi connectivity index (χ1v) is 7.94. The second kappa shape index (κ2) is 7.85. The summed E-state index contributed by atoms with van der Waals surface area (Å²) in [5.74, 6) is 1.21. The highest BCUT2D eigenvalue weighted by Gasteiger charge is 2.22. The molecule has 18 heavy (non-hydrogen) atoms. The number of rotatable bonds is 7. The second-order valence-electron chi connectivity index (χ2n) is 5.78. The van der Waals surface area contributed by atoms with E-state index in [4.69, 9.17) is 0 Å². The lowest BCUT2D eigenvalue weighted by Crippen LogP contribution is -2.40. The molecule has 1 atom stereocenters. The number of nitrogens with one attached hydrogen (secondary N) is 1. The molecule has 0 saturated heterocycles. The van der Waals surface area contributed by atoms with Gasteiger partial charge in [0, 0.05) is 10.9 Å². The molecule has 1 N–H and O–H groups in total. The van der Waals surface area contributed by atoms with E-state index >= 15 is 0 Å². The molecule has 0 aliphatic carbocycles. The Kier molecular flexibility index (Phi) is 6.80. The van der Waals surface area contributed by atoms with Crippen molar-refractivity contribution in [3.8, 4) is 0 Å². The lowest BCUT2D eigenvalue weighted by atomic mass is 9.84. The number of hydrogen-bond acceptors (Lipinski definition) is 2. The molecule has 0 aliphatic rings. The minimum Gasteiger partial charge on any atom is -0.314 e. The fraction of sp³-hybridized carbons (Fsp3) is 0.625. The van der Waals surface area contributed by atoms with Crippen molar-refractivity contribution < 1.29 is 0 Å². The maximum atomic E-state index is 3.61. The van der Waals surface area contributed by atoms with Gasteiger partial charge in [-0.2, -0.15) is 0 Å². The predicted octanol–water partition coefficient (Wildman–Crippen LogP) is 4.58. The first kappa shape index (κ1) is 15.6. The molecule has 1 aromatic carbocycles. The molecule has 102 valence electrons. The lowest BCUT2D eigenvalue weighted by Gasteiger charge is -2.31. The van der Waals surface area contributed by atoms with E-state index in [1.54, 1.807) is 0 Å². The number of hydrogen-bond donors (Lipinski definition) is 1. The highest BCUT2D eigenvalue weighted by molar-refractivity contribution is 7.99. The summed E-state index contributed by atoms with van der Waals surface area (Å²) in [7, 11) is 0. The van der Waals surface area contributed by atoms with Crippen LogP contribution in [0.2, 0.25) is 0 Å². The van der Waals surface area contributed by atoms with Crippen LogP contribution >= 0.6 is 11.8 Å². The normalized spacial score (nSPS) is 13.6. The van der Waals surface area contributed by atoms with Gasteiger partial charge in [-0.15, -0.1) is 11.8 Å². The second-order valence-corrected chi connectivity index (χ2v) is 6.95. The van der Waals surface area contributed by atoms with Gasteiger partial charge in [-0.25, -0.2) is 0 Å². The van der Waals surface area contributed by atoms with E-state index in [1.165, 1.54) is 23.5 Å². The molecule has 0 spiro atoms. The van der Waals surface area contributed by atoms with Crippen LogP contribution in [-0.4, -0.2) is 18.3 Å². The van der Waals surface area contributed by atoms with E-state index in [0.29, 0.717) is 11.5 Å². The Morgan fingerprint density at radius 3 is 2.39 bits per heavy atom. The van der Waals surface area contributed by atoms with Crippen LogP contribution in [0.5, 0.6) is 0 Å². The first-order chi connectivity index (χ1) is 8.54. The minimum absolute atomic E-state index is 0.355. The zero-order chi connectivity index (χ0) is 13.4. The standard InChI is InChI=1S/C16H27NS/c1-5-17-15(16(2,3)4)12-9-13-18-14-10-7-6-8-11-14/h6-8,10-11,15,17H,5,9,12-13H2,1-4H3. The zero-order valence-corrected chi connectivity index (χ0v) is 13.0. The summed E-state index contributed by atoms with van der Waals surface area (Å²) in [4.78, 5) is 1.38. The van der Waals surface area contributed by atoms with Crippen molar-refractivity contribution in [1.29, 1.82) is 0 Å². The Balaban J connectivity index is 2.27. The minimum atomic E-state index is 0.355. The van der Waals surface area contributed by atoms with Gasteiger partial charge in [0.05, 0.1) is 0 Å². The summed E-state index contributed by atoms with van der Waals surface area (Å²) < 4.78 is 0. The maximum absolute atomic E-state index is 3.61. The number of thioether (sulfide) groups is 1. The van der Waals surface area contributed by atoms with Gasteiger partial charge in [0.15, 0.2) is 0 Å². The average Bonchev–Trinajstić information content (AvgIpc) is 2.33. The fourth-order valence-corrected chi connectivity index (χ4v) is 2.98. The molecule has 0 radical (unpaired) electrons. The third-order valence-corrected chi connectivity index (χ3v) is 4.24. The Hall–Kier alpha value is -0.470. The third kappa shape index (κ3) is 5.92. The van der Waals surface area contributed by atoms with Crippen molar-refractivity contribution in [2.45, 2.75) is 51.5 Å². The zero-order valence-electron chi connectivity index (χ0n) is 12.2. The summed E-state index contributed by atoms with van der Waals surface area (Å²) in [6.07, 6.45) is 2.53. The molecule has 2 heteroatoms. The SMILES string of the molecule is CCNC(CCCSc1ccccc1)C(C)(C)C. The van der Waals surface area contributed by atoms with Gasteiger partial charge >= 0.3 is 0 Å². The van der Waals surface area contributed by atoms with Crippen LogP contribution < -0.4 is 5.32 Å². The predicted molar refractivity (Wildman–Crippen MR) is 83.3 cm³/mol. The van der Waals surface area contributed by atoms with E-state index in [0.717, 1.165) is 6.54 Å². The van der Waals surface area contributed by atoms with Crippen molar-refractivity contribution in [3.05, 3.63) is 30.3 Å². The Morgan fingerprint density at radius 2 is 1.83 bits per heavy atom. The maximum Gasteiger partial charge on any atom is 0.0116 e. The molecule has 1 rings (SSSR count). The van der Waals surface area contributed by atoms with E-state index in [1.807, 2.05) is 11.8 Å². The fourth-order valence-electron chi connectivity index (χ4n) is 2.08. The Bertz CT molecular complexity index is 316. The molecular weight excluding hydrogens is 238 g/mol. The van der Waals surface area contributed by atoms with Crippen molar-refractivity contribution in [2.75, 3.05) is 12.3 Å². The van der Waals surface area contributed by atoms with Crippen LogP contribution in [-0.2, 0) is 0 Å². The summed E-state index contributed by atoms with van der Waals surface area (Å²) in [6, 6.07) is 11.3. The van der Waals surface area contributed by atoms with Crippen LogP contribution in [0.15, 0.2) is 35.2 Å². The van der Waals surface area contributed by atoms with Gasteiger partial charge in [0.1, 0.15) is 0 Å². The molecule has 0 saturated carbocycles. The lowest BCUT2D eigenvalue weighted by molar-refractivity contribution is 0.257. The van der Waals surface area contributed by atoms with Crippen LogP contribution in [0.4, 0.5) is 0 Å². The van der Waals surface area contributed by atoms with Gasteiger partial charge in [0.2, 0.25) is 0 Å². The molecule has 0 fully saturated rings. The van der Waals surface area contributed by atoms with Gasteiger partial charge in [-0.05, 0) is 42.7 Å². The van der Waals surface area contributed by atoms with E-state index in [9.17, 15) is 0 Å². The molecule has 1 unspecified atom stereocenters. The summed E-state index contributed by atoms with van der Waals surface area (Å²) in [5, 5.41) is 3.61. The smallest absolute Gasteiger partial charge is 0.0116 e. The highest BCUT2D eigenvalue weighted by atomic mass is 32.2. The van der Waals surface area contributed by atoms with Crippen LogP contribution in [0, 0.1) is 5.41 Å². The summed E-state index contributed by atoms with van der Waals surface area (Å²) in [6.45, 7) is 10.2. The highest BCUT2D eigenvalue weighted by Crippen LogP contribution is 2.25. The van der Waals surface area contributed by atoms with Crippen molar-refractivity contribution in [2.24, 2.45) is 5.41 Å². The first-order valence-electron chi connectivity index (χ1n) is 6.95. The van der Waals surface area contributed by atoms with Gasteiger partial charge < -0.3 is 5.32 Å². The van der Waals surface area contributed by atoms with E-state index in [-0.39, 0.29) is 0 Å². The summed E-state index contributed by atoms with van der Waals surface area (Å²) >= 11 is 1.96. The molecular formula is C16H27NS. The molecule has 0 heterocycles. The topological polar surface area (TPSA) is 12.0 Å². The van der Waals surface area contributed by atoms with Crippen molar-refractivity contribution in [1.82, 2.24) is 5.32 Å². The van der Waals surface area contributed by atoms with Gasteiger partial charge in [0.25, 0.3) is 0 Å². The van der Waals surface area contributed by atoms with Crippen molar-refractivity contribution >= 4 is 11.8 Å². The van der Waals surface area contributed by atoms with Crippen LogP contribution in [0.3, 0.4) is 0 Å².